The smallest absolute Gasteiger partial charge is 0.216 e. The van der Waals surface area contributed by atoms with E-state index in [1.807, 2.05) is 32.0 Å². The summed E-state index contributed by atoms with van der Waals surface area (Å²) in [5.74, 6) is 2.28. The van der Waals surface area contributed by atoms with Crippen molar-refractivity contribution in [3.05, 3.63) is 46.6 Å². The van der Waals surface area contributed by atoms with Crippen molar-refractivity contribution in [3.63, 3.8) is 0 Å². The lowest BCUT2D eigenvalue weighted by atomic mass is 10.3. The van der Waals surface area contributed by atoms with E-state index < -0.39 is 0 Å². The van der Waals surface area contributed by atoms with E-state index in [1.54, 1.807) is 0 Å². The van der Waals surface area contributed by atoms with E-state index in [-0.39, 0.29) is 0 Å². The Morgan fingerprint density at radius 3 is 2.96 bits per heavy atom. The van der Waals surface area contributed by atoms with Crippen LogP contribution in [0.3, 0.4) is 0 Å². The molecular weight excluding hydrogens is 350 g/mol. The van der Waals surface area contributed by atoms with Gasteiger partial charge in [0.25, 0.3) is 0 Å². The van der Waals surface area contributed by atoms with Crippen LogP contribution in [0.4, 0.5) is 5.69 Å². The average Bonchev–Trinajstić information content (AvgIpc) is 3.20. The van der Waals surface area contributed by atoms with E-state index in [1.165, 1.54) is 0 Å². The fraction of sp³-hybridized carbons (Fsp3) is 0.474. The first kappa shape index (κ1) is 18.6. The van der Waals surface area contributed by atoms with Gasteiger partial charge in [-0.2, -0.15) is 0 Å². The normalized spacial score (nSPS) is 17.6. The summed E-state index contributed by atoms with van der Waals surface area (Å²) in [6.45, 7) is 9.07. The van der Waals surface area contributed by atoms with Crippen LogP contribution in [-0.4, -0.2) is 36.6 Å². The third kappa shape index (κ3) is 4.69. The van der Waals surface area contributed by atoms with Crippen LogP contribution in [0.5, 0.6) is 0 Å². The van der Waals surface area contributed by atoms with E-state index in [2.05, 4.69) is 38.5 Å². The van der Waals surface area contributed by atoms with Crippen molar-refractivity contribution in [1.82, 2.24) is 15.6 Å². The lowest BCUT2D eigenvalue weighted by molar-refractivity contribution is 0.472. The van der Waals surface area contributed by atoms with Gasteiger partial charge in [-0.15, -0.1) is 0 Å². The van der Waals surface area contributed by atoms with Crippen LogP contribution in [0.1, 0.15) is 30.7 Å². The van der Waals surface area contributed by atoms with E-state index in [0.717, 1.165) is 54.2 Å². The highest BCUT2D eigenvalue weighted by Gasteiger charge is 2.23. The zero-order valence-corrected chi connectivity index (χ0v) is 16.3. The van der Waals surface area contributed by atoms with Gasteiger partial charge in [0.2, 0.25) is 5.89 Å². The van der Waals surface area contributed by atoms with Crippen molar-refractivity contribution in [1.29, 1.82) is 0 Å². The minimum absolute atomic E-state index is 0.333. The summed E-state index contributed by atoms with van der Waals surface area (Å²) >= 11 is 6.11. The highest BCUT2D eigenvalue weighted by atomic mass is 35.5. The third-order valence-electron chi connectivity index (χ3n) is 4.49. The topological polar surface area (TPSA) is 65.7 Å². The number of halogens is 1. The second kappa shape index (κ2) is 8.45. The lowest BCUT2D eigenvalue weighted by Crippen LogP contribution is -2.44. The van der Waals surface area contributed by atoms with Gasteiger partial charge >= 0.3 is 0 Å². The summed E-state index contributed by atoms with van der Waals surface area (Å²) in [5, 5.41) is 7.58. The number of aromatic nitrogens is 1. The fourth-order valence-electron chi connectivity index (χ4n) is 3.05. The number of hydrogen-bond donors (Lipinski definition) is 2. The number of anilines is 1. The summed E-state index contributed by atoms with van der Waals surface area (Å²) in [6.07, 6.45) is 1.05. The second-order valence-corrected chi connectivity index (χ2v) is 6.94. The molecule has 2 N–H and O–H groups in total. The van der Waals surface area contributed by atoms with Gasteiger partial charge in [-0.3, -0.25) is 0 Å². The van der Waals surface area contributed by atoms with Crippen LogP contribution in [0, 0.1) is 13.8 Å². The molecule has 7 heteroatoms. The third-order valence-corrected chi connectivity index (χ3v) is 4.73. The standard InChI is InChI=1S/C19H26ClN5O/c1-4-21-19(22-11-18-23-13(2)14(3)26-18)24-16-8-9-25(12-16)17-7-5-6-15(20)10-17/h5-7,10,16H,4,8-9,11-12H2,1-3H3,(H2,21,22,24). The SMILES string of the molecule is CCNC(=NCc1nc(C)c(C)o1)NC1CCN(c2cccc(Cl)c2)C1. The molecule has 0 bridgehead atoms. The summed E-state index contributed by atoms with van der Waals surface area (Å²) < 4.78 is 5.60. The van der Waals surface area contributed by atoms with Crippen molar-refractivity contribution >= 4 is 23.2 Å². The molecule has 1 unspecified atom stereocenters. The molecule has 26 heavy (non-hydrogen) atoms. The van der Waals surface area contributed by atoms with Gasteiger partial charge in [0.05, 0.1) is 5.69 Å². The van der Waals surface area contributed by atoms with Crippen LogP contribution in [0.2, 0.25) is 5.02 Å². The molecule has 0 spiro atoms. The molecule has 1 fully saturated rings. The van der Waals surface area contributed by atoms with E-state index in [0.29, 0.717) is 18.5 Å². The fourth-order valence-corrected chi connectivity index (χ4v) is 3.24. The van der Waals surface area contributed by atoms with Gasteiger partial charge in [0, 0.05) is 36.4 Å². The van der Waals surface area contributed by atoms with Crippen LogP contribution >= 0.6 is 11.6 Å². The molecule has 6 nitrogen and oxygen atoms in total. The monoisotopic (exact) mass is 375 g/mol. The predicted molar refractivity (Wildman–Crippen MR) is 106 cm³/mol. The van der Waals surface area contributed by atoms with Gasteiger partial charge < -0.3 is 20.0 Å². The molecule has 1 atom stereocenters. The number of hydrogen-bond acceptors (Lipinski definition) is 4. The Kier molecular flexibility index (Phi) is 6.04. The molecule has 0 saturated carbocycles. The molecule has 1 aliphatic rings. The zero-order valence-electron chi connectivity index (χ0n) is 15.6. The first-order chi connectivity index (χ1) is 12.5. The number of nitrogens with zero attached hydrogens (tertiary/aromatic N) is 3. The summed E-state index contributed by atoms with van der Waals surface area (Å²) in [7, 11) is 0. The van der Waals surface area contributed by atoms with Gasteiger partial charge in [0.1, 0.15) is 12.3 Å². The minimum atomic E-state index is 0.333. The summed E-state index contributed by atoms with van der Waals surface area (Å²) in [6, 6.07) is 8.33. The molecule has 2 aromatic rings. The predicted octanol–water partition coefficient (Wildman–Crippen LogP) is 3.28. The molecule has 0 aliphatic carbocycles. The second-order valence-electron chi connectivity index (χ2n) is 6.50. The van der Waals surface area contributed by atoms with Crippen molar-refractivity contribution in [3.8, 4) is 0 Å². The molecule has 1 aliphatic heterocycles. The molecule has 0 radical (unpaired) electrons. The molecule has 2 heterocycles. The van der Waals surface area contributed by atoms with Gasteiger partial charge in [0.15, 0.2) is 5.96 Å². The molecular formula is C19H26ClN5O. The Morgan fingerprint density at radius 2 is 2.27 bits per heavy atom. The van der Waals surface area contributed by atoms with Crippen molar-refractivity contribution in [2.24, 2.45) is 4.99 Å². The Morgan fingerprint density at radius 1 is 1.42 bits per heavy atom. The van der Waals surface area contributed by atoms with E-state index in [9.17, 15) is 0 Å². The van der Waals surface area contributed by atoms with Crippen molar-refractivity contribution < 1.29 is 4.42 Å². The highest BCUT2D eigenvalue weighted by molar-refractivity contribution is 6.30. The van der Waals surface area contributed by atoms with Crippen molar-refractivity contribution in [2.75, 3.05) is 24.5 Å². The van der Waals surface area contributed by atoms with Crippen LogP contribution < -0.4 is 15.5 Å². The maximum atomic E-state index is 6.11. The van der Waals surface area contributed by atoms with Gasteiger partial charge in [-0.1, -0.05) is 17.7 Å². The quantitative estimate of drug-likeness (QED) is 0.620. The van der Waals surface area contributed by atoms with Crippen LogP contribution in [0.15, 0.2) is 33.7 Å². The molecule has 3 rings (SSSR count). The van der Waals surface area contributed by atoms with Gasteiger partial charge in [-0.05, 0) is 45.4 Å². The van der Waals surface area contributed by atoms with Crippen LogP contribution in [0.25, 0.3) is 0 Å². The minimum Gasteiger partial charge on any atom is -0.444 e. The molecule has 1 aromatic heterocycles. The first-order valence-electron chi connectivity index (χ1n) is 9.03. The lowest BCUT2D eigenvalue weighted by Gasteiger charge is -2.20. The van der Waals surface area contributed by atoms with Crippen molar-refractivity contribution in [2.45, 2.75) is 39.8 Å². The average molecular weight is 376 g/mol. The molecule has 1 saturated heterocycles. The zero-order chi connectivity index (χ0) is 18.5. The number of rotatable bonds is 5. The Balaban J connectivity index is 1.60. The summed E-state index contributed by atoms with van der Waals surface area (Å²) in [4.78, 5) is 11.3. The maximum absolute atomic E-state index is 6.11. The number of aryl methyl sites for hydroxylation is 2. The largest absolute Gasteiger partial charge is 0.444 e. The Hall–Kier alpha value is -2.21. The van der Waals surface area contributed by atoms with Crippen LogP contribution in [-0.2, 0) is 6.54 Å². The molecule has 1 aromatic carbocycles. The highest BCUT2D eigenvalue weighted by Crippen LogP contribution is 2.23. The molecule has 0 amide bonds. The Bertz CT molecular complexity index is 754. The molecule has 140 valence electrons. The first-order valence-corrected chi connectivity index (χ1v) is 9.41. The number of oxazole rings is 1. The Labute approximate surface area is 159 Å². The number of benzene rings is 1. The van der Waals surface area contributed by atoms with E-state index >= 15 is 0 Å². The number of guanidine groups is 1. The number of aliphatic imine (C=N–C) groups is 1. The van der Waals surface area contributed by atoms with E-state index in [4.69, 9.17) is 16.0 Å². The van der Waals surface area contributed by atoms with Gasteiger partial charge in [-0.25, -0.2) is 9.98 Å². The maximum Gasteiger partial charge on any atom is 0.216 e. The number of nitrogens with one attached hydrogen (secondary N) is 2. The summed E-state index contributed by atoms with van der Waals surface area (Å²) in [5.41, 5.74) is 2.08.